The van der Waals surface area contributed by atoms with Gasteiger partial charge in [0, 0.05) is 55.7 Å². The fourth-order valence-electron chi connectivity index (χ4n) is 5.14. The van der Waals surface area contributed by atoms with Gasteiger partial charge < -0.3 is 42.9 Å². The second kappa shape index (κ2) is 27.2. The summed E-state index contributed by atoms with van der Waals surface area (Å²) in [5, 5.41) is 7.17. The number of ether oxygens (including phenoxy) is 4. The molecule has 0 spiro atoms. The third kappa shape index (κ3) is 19.5. The van der Waals surface area contributed by atoms with Gasteiger partial charge in [0.25, 0.3) is 11.8 Å². The van der Waals surface area contributed by atoms with Crippen LogP contribution in [-0.4, -0.2) is 123 Å². The predicted molar refractivity (Wildman–Crippen MR) is 256 cm³/mol. The van der Waals surface area contributed by atoms with Crippen molar-refractivity contribution in [2.24, 2.45) is 5.11 Å². The second-order valence-corrected chi connectivity index (χ2v) is 28.0. The van der Waals surface area contributed by atoms with Gasteiger partial charge in [0.2, 0.25) is 6.54 Å². The minimum atomic E-state index is -1.92. The largest absolute Gasteiger partial charge is 0.497 e. The van der Waals surface area contributed by atoms with Gasteiger partial charge in [-0.25, -0.2) is 4.79 Å². The first kappa shape index (κ1) is 58.5. The lowest BCUT2D eigenvalue weighted by Crippen LogP contribution is -2.42. The number of hydroxylamine groups is 2. The molecule has 0 unspecified atom stereocenters. The number of hydrogen-bond donors (Lipinski definition) is 3. The summed E-state index contributed by atoms with van der Waals surface area (Å²) in [4.78, 5) is 54.1. The Morgan fingerprint density at radius 1 is 0.818 bits per heavy atom. The number of nitrogens with zero attached hydrogens (tertiary/aromatic N) is 4. The van der Waals surface area contributed by atoms with Gasteiger partial charge in [-0.2, -0.15) is 5.53 Å². The molecule has 3 amide bonds. The van der Waals surface area contributed by atoms with E-state index in [1.165, 1.54) is 0 Å². The molecule has 0 aromatic heterocycles. The summed E-state index contributed by atoms with van der Waals surface area (Å²) >= 11 is 0. The number of nitrogens with one attached hydrogen (secondary N) is 2. The fourth-order valence-corrected chi connectivity index (χ4v) is 7.13. The van der Waals surface area contributed by atoms with Crippen LogP contribution in [0.5, 0.6) is 23.0 Å². The molecule has 366 valence electrons. The summed E-state index contributed by atoms with van der Waals surface area (Å²) < 4.78 is 33.7. The number of imide groups is 1. The molecule has 1 fully saturated rings. The smallest absolute Gasteiger partial charge is 0.394 e. The molecule has 1 saturated heterocycles. The molecule has 2 aromatic carbocycles. The van der Waals surface area contributed by atoms with E-state index in [4.69, 9.17) is 38.9 Å². The van der Waals surface area contributed by atoms with Gasteiger partial charge in [-0.05, 0) is 70.7 Å². The van der Waals surface area contributed by atoms with Crippen LogP contribution in [0.25, 0.3) is 0 Å². The lowest BCUT2D eigenvalue weighted by Gasteiger charge is -2.36. The van der Waals surface area contributed by atoms with Crippen LogP contribution in [-0.2, 0) is 46.0 Å². The van der Waals surface area contributed by atoms with Crippen LogP contribution in [0.1, 0.15) is 65.5 Å². The highest BCUT2D eigenvalue weighted by atomic mass is 28.4. The maximum Gasteiger partial charge on any atom is 0.394 e. The van der Waals surface area contributed by atoms with Gasteiger partial charge in [-0.1, -0.05) is 60.8 Å². The Hall–Kier alpha value is -5.51. The van der Waals surface area contributed by atoms with Crippen molar-refractivity contribution in [1.29, 1.82) is 5.53 Å². The molecule has 4 N–H and O–H groups in total. The topological polar surface area (TPSA) is 227 Å². The number of benzene rings is 2. The summed E-state index contributed by atoms with van der Waals surface area (Å²) in [6, 6.07) is 11.3. The summed E-state index contributed by atoms with van der Waals surface area (Å²) in [5.41, 5.74) is 15.5. The number of hydrogen-bond acceptors (Lipinski definition) is 14. The van der Waals surface area contributed by atoms with Crippen molar-refractivity contribution in [2.75, 3.05) is 61.3 Å². The SMILES string of the molecule is C=C(CNCc1ccc(OC)cc1OC)CO[Si](C)(C)C(C)(C)C.C=C(CO[Si](C)(C)C(C)(C)C)CN(Cc1ccc(OC)cc1OC)C(=O)C=[N+]=N.[NH2+]=NCC(=O)ON1C(=O)CCC1=O. The summed E-state index contributed by atoms with van der Waals surface area (Å²) in [6.07, 6.45) is 1.13. The lowest BCUT2D eigenvalue weighted by molar-refractivity contribution is -0.227. The molecular formula is C46H75N7O11Si2+2. The third-order valence-electron chi connectivity index (χ3n) is 11.2. The van der Waals surface area contributed by atoms with E-state index >= 15 is 0 Å². The van der Waals surface area contributed by atoms with E-state index in [1.54, 1.807) is 39.4 Å². The molecule has 0 radical (unpaired) electrons. The Morgan fingerprint density at radius 3 is 1.73 bits per heavy atom. The quantitative estimate of drug-likeness (QED) is 0.0304. The van der Waals surface area contributed by atoms with Crippen molar-refractivity contribution in [3.8, 4) is 23.0 Å². The zero-order valence-electron chi connectivity index (χ0n) is 41.7. The van der Waals surface area contributed by atoms with Crippen LogP contribution >= 0.6 is 0 Å². The van der Waals surface area contributed by atoms with Crippen molar-refractivity contribution in [2.45, 2.75) is 104 Å². The van der Waals surface area contributed by atoms with Crippen molar-refractivity contribution >= 4 is 46.5 Å². The maximum atomic E-state index is 12.5. The van der Waals surface area contributed by atoms with E-state index in [-0.39, 0.29) is 41.9 Å². The Labute approximate surface area is 393 Å². The number of carbonyl (C=O) groups excluding carboxylic acids is 4. The molecule has 1 heterocycles. The van der Waals surface area contributed by atoms with E-state index in [1.807, 2.05) is 30.3 Å². The number of methoxy groups -OCH3 is 4. The van der Waals surface area contributed by atoms with Gasteiger partial charge in [-0.15, -0.1) is 5.06 Å². The minimum Gasteiger partial charge on any atom is -0.497 e. The van der Waals surface area contributed by atoms with Crippen LogP contribution in [0.3, 0.4) is 0 Å². The van der Waals surface area contributed by atoms with Gasteiger partial charge in [0.05, 0.1) is 58.5 Å². The standard InChI is InChI=1S/C21H34N3O4Si.C19H33NO3Si.C6H7N3O4/c1-16(15-28-29(7,8)21(2,3)4)13-24(20(25)12-23-22)14-17-9-10-18(26-5)11-19(17)27-6;1-15(14-23-24(7,8)19(2,3)4)12-20-13-16-9-10-17(21-5)11-18(16)22-6;7-8-3-6(12)13-9-4(10)1-2-5(9)11/h9-12,22H,1,13-15H2,2-8H3;9-11,20H,1,12-14H2,2-8H3;7H,1-3H2/q+1;;/p+1. The molecule has 2 aromatic rings. The minimum absolute atomic E-state index is 0.0753. The summed E-state index contributed by atoms with van der Waals surface area (Å²) in [5.74, 6) is 0.674. The van der Waals surface area contributed by atoms with E-state index in [0.717, 1.165) is 46.5 Å². The zero-order valence-corrected chi connectivity index (χ0v) is 43.7. The molecule has 0 atom stereocenters. The average molecular weight is 958 g/mol. The Bertz CT molecular complexity index is 2030. The molecule has 18 nitrogen and oxygen atoms in total. The van der Waals surface area contributed by atoms with Gasteiger partial charge in [0.15, 0.2) is 16.6 Å². The van der Waals surface area contributed by atoms with Gasteiger partial charge in [-0.3, -0.25) is 14.4 Å². The summed E-state index contributed by atoms with van der Waals surface area (Å²) in [7, 11) is 2.84. The van der Waals surface area contributed by atoms with Gasteiger partial charge >= 0.3 is 18.1 Å². The third-order valence-corrected chi connectivity index (χ3v) is 20.2. The van der Waals surface area contributed by atoms with Gasteiger partial charge in [0.1, 0.15) is 23.0 Å². The van der Waals surface area contributed by atoms with E-state index in [2.05, 4.69) is 101 Å². The lowest BCUT2D eigenvalue weighted by atomic mass is 10.1. The average Bonchev–Trinajstić information content (AvgIpc) is 3.56. The van der Waals surface area contributed by atoms with Crippen LogP contribution in [0, 0.1) is 5.53 Å². The highest BCUT2D eigenvalue weighted by Crippen LogP contribution is 2.38. The Morgan fingerprint density at radius 2 is 1.29 bits per heavy atom. The first-order chi connectivity index (χ1) is 30.7. The maximum absolute atomic E-state index is 12.5. The van der Waals surface area contributed by atoms with Crippen molar-refractivity contribution < 1.29 is 62.1 Å². The Balaban J connectivity index is 0.000000528. The monoisotopic (exact) mass is 958 g/mol. The highest BCUT2D eigenvalue weighted by Gasteiger charge is 2.38. The molecule has 3 rings (SSSR count). The highest BCUT2D eigenvalue weighted by molar-refractivity contribution is 6.74. The van der Waals surface area contributed by atoms with Crippen molar-refractivity contribution in [3.05, 3.63) is 71.8 Å². The first-order valence-corrected chi connectivity index (χ1v) is 27.2. The number of carbonyl (C=O) groups is 4. The first-order valence-electron chi connectivity index (χ1n) is 21.4. The second-order valence-electron chi connectivity index (χ2n) is 18.4. The normalized spacial score (nSPS) is 12.6. The molecule has 1 aliphatic rings. The molecule has 0 saturated carbocycles. The molecule has 66 heavy (non-hydrogen) atoms. The van der Waals surface area contributed by atoms with Crippen LogP contribution < -0.4 is 29.8 Å². The predicted octanol–water partition coefficient (Wildman–Crippen LogP) is 6.10. The Kier molecular flexibility index (Phi) is 24.1. The van der Waals surface area contributed by atoms with E-state index < -0.39 is 34.4 Å². The van der Waals surface area contributed by atoms with Crippen LogP contribution in [0.4, 0.5) is 0 Å². The van der Waals surface area contributed by atoms with Crippen molar-refractivity contribution in [3.63, 3.8) is 0 Å². The van der Waals surface area contributed by atoms with E-state index in [9.17, 15) is 19.2 Å². The molecular weight excluding hydrogens is 883 g/mol. The fraction of sp³-hybridized carbons (Fsp3) is 0.543. The number of amides is 3. The number of rotatable bonds is 22. The molecule has 0 aliphatic carbocycles. The zero-order chi connectivity index (χ0) is 50.5. The molecule has 20 heteroatoms. The van der Waals surface area contributed by atoms with Crippen LogP contribution in [0.15, 0.2) is 65.8 Å². The summed E-state index contributed by atoms with van der Waals surface area (Å²) in [6.45, 7) is 33.0. The molecule has 1 aliphatic heterocycles. The number of nitrogens with two attached hydrogens (primary N) is 1. The van der Waals surface area contributed by atoms with Crippen LogP contribution in [0.2, 0.25) is 36.3 Å². The van der Waals surface area contributed by atoms with Crippen molar-refractivity contribution in [1.82, 2.24) is 15.3 Å². The van der Waals surface area contributed by atoms with E-state index in [0.29, 0.717) is 42.9 Å². The molecule has 0 bridgehead atoms.